The third kappa shape index (κ3) is 4.55. The van der Waals surface area contributed by atoms with Crippen molar-refractivity contribution in [2.24, 2.45) is 0 Å². The fraction of sp³-hybridized carbons (Fsp3) is 0.250. The highest BCUT2D eigenvalue weighted by molar-refractivity contribution is 7.73. The largest absolute Gasteiger partial charge is 0.497 e. The van der Waals surface area contributed by atoms with Crippen molar-refractivity contribution in [1.82, 2.24) is 0 Å². The highest BCUT2D eigenvalue weighted by Crippen LogP contribution is 2.46. The molecular weight excluding hydrogens is 367 g/mol. The van der Waals surface area contributed by atoms with Gasteiger partial charge in [0.25, 0.3) is 0 Å². The second-order valence-corrected chi connectivity index (χ2v) is 9.17. The van der Waals surface area contributed by atoms with Gasteiger partial charge in [0.15, 0.2) is 0 Å². The molecular formula is C24H25O3P. The molecule has 1 aliphatic rings. The third-order valence-electron chi connectivity index (χ3n) is 4.94. The number of rotatable bonds is 7. The van der Waals surface area contributed by atoms with E-state index in [2.05, 4.69) is 60.7 Å². The molecule has 2 atom stereocenters. The number of benzene rings is 3. The summed E-state index contributed by atoms with van der Waals surface area (Å²) in [6.07, 6.45) is 2.22. The zero-order valence-corrected chi connectivity index (χ0v) is 16.9. The van der Waals surface area contributed by atoms with Crippen LogP contribution in [0.5, 0.6) is 11.5 Å². The molecule has 4 rings (SSSR count). The van der Waals surface area contributed by atoms with E-state index in [0.29, 0.717) is 6.61 Å². The standard InChI is InChI=1S/C24H25O3P/c1-25-19-12-14-20(15-13-19)26-18-21-16-17-24(27-21)28(22-8-4-2-5-9-22)23-10-6-3-7-11-23/h2-15,21,24H,16-18H2,1H3/t21-,24-/m1/s1. The summed E-state index contributed by atoms with van der Waals surface area (Å²) in [5, 5.41) is 2.73. The molecule has 3 nitrogen and oxygen atoms in total. The van der Waals surface area contributed by atoms with E-state index in [4.69, 9.17) is 14.2 Å². The van der Waals surface area contributed by atoms with Crippen molar-refractivity contribution in [2.75, 3.05) is 13.7 Å². The van der Waals surface area contributed by atoms with E-state index in [1.165, 1.54) is 10.6 Å². The predicted octanol–water partition coefficient (Wildman–Crippen LogP) is 4.71. The maximum atomic E-state index is 6.48. The minimum absolute atomic E-state index is 0.129. The molecule has 1 saturated heterocycles. The van der Waals surface area contributed by atoms with E-state index >= 15 is 0 Å². The number of hydrogen-bond donors (Lipinski definition) is 0. The summed E-state index contributed by atoms with van der Waals surface area (Å²) in [6.45, 7) is 0.579. The van der Waals surface area contributed by atoms with E-state index in [1.54, 1.807) is 7.11 Å². The van der Waals surface area contributed by atoms with E-state index in [0.717, 1.165) is 24.3 Å². The minimum atomic E-state index is -0.545. The van der Waals surface area contributed by atoms with Gasteiger partial charge in [-0.3, -0.25) is 0 Å². The Kier molecular flexibility index (Phi) is 6.26. The second-order valence-electron chi connectivity index (χ2n) is 6.82. The molecule has 3 aromatic carbocycles. The minimum Gasteiger partial charge on any atom is -0.497 e. The maximum Gasteiger partial charge on any atom is 0.119 e. The Balaban J connectivity index is 1.43. The van der Waals surface area contributed by atoms with Crippen LogP contribution in [0, 0.1) is 0 Å². The summed E-state index contributed by atoms with van der Waals surface area (Å²) >= 11 is 0. The Morgan fingerprint density at radius 2 is 1.36 bits per heavy atom. The van der Waals surface area contributed by atoms with E-state index in [9.17, 15) is 0 Å². The maximum absolute atomic E-state index is 6.48. The second kappa shape index (κ2) is 9.23. The van der Waals surface area contributed by atoms with Crippen LogP contribution < -0.4 is 20.1 Å². The third-order valence-corrected chi connectivity index (χ3v) is 7.60. The summed E-state index contributed by atoms with van der Waals surface area (Å²) in [4.78, 5) is 0. The fourth-order valence-corrected chi connectivity index (χ4v) is 6.17. The monoisotopic (exact) mass is 392 g/mol. The normalized spacial score (nSPS) is 18.9. The lowest BCUT2D eigenvalue weighted by molar-refractivity contribution is 0.0527. The lowest BCUT2D eigenvalue weighted by atomic mass is 10.2. The quantitative estimate of drug-likeness (QED) is 0.545. The zero-order chi connectivity index (χ0) is 19.2. The van der Waals surface area contributed by atoms with Gasteiger partial charge < -0.3 is 14.2 Å². The van der Waals surface area contributed by atoms with Crippen LogP contribution in [0.25, 0.3) is 0 Å². The van der Waals surface area contributed by atoms with Crippen LogP contribution >= 0.6 is 7.92 Å². The zero-order valence-electron chi connectivity index (χ0n) is 16.0. The van der Waals surface area contributed by atoms with E-state index in [-0.39, 0.29) is 11.9 Å². The Morgan fingerprint density at radius 1 is 0.786 bits per heavy atom. The molecule has 4 heteroatoms. The smallest absolute Gasteiger partial charge is 0.119 e. The van der Waals surface area contributed by atoms with Crippen molar-refractivity contribution in [1.29, 1.82) is 0 Å². The van der Waals surface area contributed by atoms with Gasteiger partial charge in [-0.15, -0.1) is 0 Å². The highest BCUT2D eigenvalue weighted by atomic mass is 31.1. The molecule has 28 heavy (non-hydrogen) atoms. The average Bonchev–Trinajstić information content (AvgIpc) is 3.23. The van der Waals surface area contributed by atoms with Crippen molar-refractivity contribution >= 4 is 18.5 Å². The van der Waals surface area contributed by atoms with Gasteiger partial charge >= 0.3 is 0 Å². The lowest BCUT2D eigenvalue weighted by Gasteiger charge is -2.25. The average molecular weight is 392 g/mol. The van der Waals surface area contributed by atoms with E-state index < -0.39 is 7.92 Å². The first-order valence-electron chi connectivity index (χ1n) is 9.65. The SMILES string of the molecule is COc1ccc(OC[C@H]2CC[C@@H](P(c3ccccc3)c3ccccc3)O2)cc1. The molecule has 0 aromatic heterocycles. The van der Waals surface area contributed by atoms with Crippen LogP contribution in [-0.2, 0) is 4.74 Å². The Bertz CT molecular complexity index is 813. The molecule has 0 spiro atoms. The molecule has 144 valence electrons. The summed E-state index contributed by atoms with van der Waals surface area (Å²) in [6, 6.07) is 29.2. The van der Waals surface area contributed by atoms with Crippen LogP contribution in [0.2, 0.25) is 0 Å². The fourth-order valence-electron chi connectivity index (χ4n) is 3.52. The predicted molar refractivity (Wildman–Crippen MR) is 115 cm³/mol. The van der Waals surface area contributed by atoms with Crippen molar-refractivity contribution in [3.63, 3.8) is 0 Å². The molecule has 0 radical (unpaired) electrons. The van der Waals surface area contributed by atoms with Gasteiger partial charge in [-0.05, 0) is 55.6 Å². The molecule has 0 aliphatic carbocycles. The Labute approximate surface area is 168 Å². The van der Waals surface area contributed by atoms with Crippen LogP contribution in [0.3, 0.4) is 0 Å². The van der Waals surface area contributed by atoms with Crippen molar-refractivity contribution in [3.8, 4) is 11.5 Å². The summed E-state index contributed by atoms with van der Waals surface area (Å²) in [7, 11) is 1.12. The molecule has 1 fully saturated rings. The van der Waals surface area contributed by atoms with E-state index in [1.807, 2.05) is 24.3 Å². The summed E-state index contributed by atoms with van der Waals surface area (Å²) in [5.41, 5.74) is 0. The Hall–Kier alpha value is -2.35. The van der Waals surface area contributed by atoms with Gasteiger partial charge in [0.2, 0.25) is 0 Å². The molecule has 0 amide bonds. The van der Waals surface area contributed by atoms with Crippen LogP contribution in [0.1, 0.15) is 12.8 Å². The molecule has 1 aliphatic heterocycles. The topological polar surface area (TPSA) is 27.7 Å². The Morgan fingerprint density at radius 3 is 1.93 bits per heavy atom. The van der Waals surface area contributed by atoms with Gasteiger partial charge in [0.1, 0.15) is 18.1 Å². The highest BCUT2D eigenvalue weighted by Gasteiger charge is 2.33. The molecule has 1 heterocycles. The first-order chi connectivity index (χ1) is 13.8. The number of methoxy groups -OCH3 is 1. The molecule has 0 bridgehead atoms. The van der Waals surface area contributed by atoms with Gasteiger partial charge in [0, 0.05) is 0 Å². The van der Waals surface area contributed by atoms with Gasteiger partial charge in [0.05, 0.1) is 19.1 Å². The van der Waals surface area contributed by atoms with Crippen molar-refractivity contribution < 1.29 is 14.2 Å². The van der Waals surface area contributed by atoms with Gasteiger partial charge in [-0.1, -0.05) is 60.7 Å². The van der Waals surface area contributed by atoms with Crippen LogP contribution in [0.15, 0.2) is 84.9 Å². The van der Waals surface area contributed by atoms with Crippen molar-refractivity contribution in [2.45, 2.75) is 24.8 Å². The first kappa shape index (κ1) is 19.0. The summed E-state index contributed by atoms with van der Waals surface area (Å²) in [5.74, 6) is 1.91. The molecule has 0 unspecified atom stereocenters. The van der Waals surface area contributed by atoms with Crippen LogP contribution in [-0.4, -0.2) is 25.7 Å². The molecule has 3 aromatic rings. The molecule has 0 N–H and O–H groups in total. The van der Waals surface area contributed by atoms with Gasteiger partial charge in [-0.2, -0.15) is 0 Å². The molecule has 0 saturated carbocycles. The number of ether oxygens (including phenoxy) is 3. The van der Waals surface area contributed by atoms with Crippen LogP contribution in [0.4, 0.5) is 0 Å². The first-order valence-corrected chi connectivity index (χ1v) is 11.1. The number of hydrogen-bond acceptors (Lipinski definition) is 3. The van der Waals surface area contributed by atoms with Gasteiger partial charge in [-0.25, -0.2) is 0 Å². The summed E-state index contributed by atoms with van der Waals surface area (Å²) < 4.78 is 17.6. The van der Waals surface area contributed by atoms with Crippen molar-refractivity contribution in [3.05, 3.63) is 84.9 Å². The lowest BCUT2D eigenvalue weighted by Crippen LogP contribution is -2.24.